The van der Waals surface area contributed by atoms with Crippen molar-refractivity contribution in [3.63, 3.8) is 0 Å². The third-order valence-electron chi connectivity index (χ3n) is 4.26. The lowest BCUT2D eigenvalue weighted by Crippen LogP contribution is -2.25. The first-order valence-electron chi connectivity index (χ1n) is 8.71. The molecular weight excluding hydrogens is 328 g/mol. The fourth-order valence-electron chi connectivity index (χ4n) is 2.51. The summed E-state index contributed by atoms with van der Waals surface area (Å²) < 4.78 is 0. The van der Waals surface area contributed by atoms with Gasteiger partial charge in [0.2, 0.25) is 5.91 Å². The average molecular weight is 354 g/mol. The number of hydroxylamine groups is 2. The van der Waals surface area contributed by atoms with Crippen LogP contribution in [0.4, 0.5) is 5.69 Å². The van der Waals surface area contributed by atoms with Crippen molar-refractivity contribution >= 4 is 17.5 Å². The van der Waals surface area contributed by atoms with Gasteiger partial charge >= 0.3 is 0 Å². The third kappa shape index (κ3) is 5.43. The van der Waals surface area contributed by atoms with E-state index in [0.717, 1.165) is 10.6 Å². The highest BCUT2D eigenvalue weighted by Gasteiger charge is 2.11. The van der Waals surface area contributed by atoms with E-state index in [9.17, 15) is 9.59 Å². The van der Waals surface area contributed by atoms with Crippen LogP contribution in [0.3, 0.4) is 0 Å². The van der Waals surface area contributed by atoms with Gasteiger partial charge in [0, 0.05) is 24.7 Å². The van der Waals surface area contributed by atoms with Crippen molar-refractivity contribution in [2.75, 3.05) is 19.5 Å². The van der Waals surface area contributed by atoms with Crippen LogP contribution >= 0.6 is 0 Å². The number of hydrogen-bond acceptors (Lipinski definition) is 3. The molecule has 0 saturated heterocycles. The van der Waals surface area contributed by atoms with Gasteiger partial charge < -0.3 is 5.32 Å². The molecule has 0 radical (unpaired) electrons. The number of nitrogens with one attached hydrogen (secondary N) is 1. The molecule has 2 rings (SSSR count). The molecule has 0 aliphatic rings. The molecule has 26 heavy (non-hydrogen) atoms. The number of amides is 2. The average Bonchev–Trinajstić information content (AvgIpc) is 2.66. The van der Waals surface area contributed by atoms with Crippen LogP contribution in [0, 0.1) is 0 Å². The summed E-state index contributed by atoms with van der Waals surface area (Å²) in [4.78, 5) is 28.9. The summed E-state index contributed by atoms with van der Waals surface area (Å²) in [6.45, 7) is 4.32. The fraction of sp³-hybridized carbons (Fsp3) is 0.333. The second-order valence-electron chi connectivity index (χ2n) is 6.51. The van der Waals surface area contributed by atoms with Crippen molar-refractivity contribution < 1.29 is 14.4 Å². The quantitative estimate of drug-likeness (QED) is 0.764. The summed E-state index contributed by atoms with van der Waals surface area (Å²) in [6, 6.07) is 15.1. The van der Waals surface area contributed by atoms with Crippen LogP contribution in [0.2, 0.25) is 0 Å². The second-order valence-corrected chi connectivity index (χ2v) is 6.51. The zero-order chi connectivity index (χ0) is 19.1. The minimum atomic E-state index is -0.241. The first-order chi connectivity index (χ1) is 12.4. The van der Waals surface area contributed by atoms with Gasteiger partial charge in [-0.25, -0.2) is 5.06 Å². The fourth-order valence-corrected chi connectivity index (χ4v) is 2.51. The van der Waals surface area contributed by atoms with Crippen LogP contribution in [0.25, 0.3) is 0 Å². The molecule has 0 atom stereocenters. The van der Waals surface area contributed by atoms with E-state index in [4.69, 9.17) is 4.84 Å². The molecule has 5 nitrogen and oxygen atoms in total. The number of benzene rings is 2. The smallest absolute Gasteiger partial charge is 0.277 e. The van der Waals surface area contributed by atoms with Crippen molar-refractivity contribution in [2.24, 2.45) is 0 Å². The molecular formula is C21H26N2O3. The zero-order valence-electron chi connectivity index (χ0n) is 15.8. The molecule has 2 aromatic rings. The van der Waals surface area contributed by atoms with Crippen LogP contribution in [0.5, 0.6) is 0 Å². The van der Waals surface area contributed by atoms with Crippen LogP contribution < -0.4 is 5.32 Å². The van der Waals surface area contributed by atoms with Gasteiger partial charge in [0.15, 0.2) is 0 Å². The van der Waals surface area contributed by atoms with Gasteiger partial charge in [0.05, 0.1) is 7.11 Å². The maximum Gasteiger partial charge on any atom is 0.277 e. The van der Waals surface area contributed by atoms with Gasteiger partial charge in [-0.1, -0.05) is 38.1 Å². The van der Waals surface area contributed by atoms with E-state index in [1.165, 1.54) is 12.7 Å². The second kappa shape index (κ2) is 9.15. The van der Waals surface area contributed by atoms with Gasteiger partial charge in [-0.3, -0.25) is 14.4 Å². The Bertz CT molecular complexity index is 737. The standard InChI is InChI=1S/C21H26N2O3/c1-15(2)17-8-5-16(6-9-17)7-14-20(24)22-19-12-10-18(11-13-19)21(25)23(3)26-4/h5-6,8-13,15H,7,14H2,1-4H3,(H,22,24). The summed E-state index contributed by atoms with van der Waals surface area (Å²) in [5.41, 5.74) is 3.61. The molecule has 0 unspecified atom stereocenters. The van der Waals surface area contributed by atoms with Gasteiger partial charge in [-0.05, 0) is 47.7 Å². The SMILES string of the molecule is CON(C)C(=O)c1ccc(NC(=O)CCc2ccc(C(C)C)cc2)cc1. The molecule has 0 aromatic heterocycles. The van der Waals surface area contributed by atoms with Gasteiger partial charge in [0.25, 0.3) is 5.91 Å². The lowest BCUT2D eigenvalue weighted by atomic mass is 10.0. The molecule has 0 aliphatic carbocycles. The molecule has 0 saturated carbocycles. The van der Waals surface area contributed by atoms with E-state index < -0.39 is 0 Å². The topological polar surface area (TPSA) is 58.6 Å². The predicted octanol–water partition coefficient (Wildman–Crippen LogP) is 4.01. The van der Waals surface area contributed by atoms with E-state index in [1.807, 2.05) is 0 Å². The summed E-state index contributed by atoms with van der Waals surface area (Å²) in [5, 5.41) is 4.01. The number of anilines is 1. The van der Waals surface area contributed by atoms with Crippen LogP contribution in [0.15, 0.2) is 48.5 Å². The Morgan fingerprint density at radius 1 is 1.04 bits per heavy atom. The van der Waals surface area contributed by atoms with Crippen molar-refractivity contribution in [1.29, 1.82) is 0 Å². The van der Waals surface area contributed by atoms with Crippen molar-refractivity contribution in [1.82, 2.24) is 5.06 Å². The molecule has 0 fully saturated rings. The van der Waals surface area contributed by atoms with E-state index >= 15 is 0 Å². The highest BCUT2D eigenvalue weighted by atomic mass is 16.7. The summed E-state index contributed by atoms with van der Waals surface area (Å²) >= 11 is 0. The van der Waals surface area contributed by atoms with Crippen LogP contribution in [0.1, 0.15) is 47.7 Å². The highest BCUT2D eigenvalue weighted by Crippen LogP contribution is 2.16. The zero-order valence-corrected chi connectivity index (χ0v) is 15.8. The molecule has 0 heterocycles. The Morgan fingerprint density at radius 3 is 2.19 bits per heavy atom. The van der Waals surface area contributed by atoms with E-state index in [2.05, 4.69) is 43.4 Å². The van der Waals surface area contributed by atoms with Crippen LogP contribution in [-0.4, -0.2) is 31.0 Å². The third-order valence-corrected chi connectivity index (χ3v) is 4.26. The molecule has 0 spiro atoms. The Labute approximate surface area is 154 Å². The van der Waals surface area contributed by atoms with E-state index in [1.54, 1.807) is 31.3 Å². The maximum absolute atomic E-state index is 12.1. The Hall–Kier alpha value is -2.66. The predicted molar refractivity (Wildman–Crippen MR) is 103 cm³/mol. The molecule has 0 aliphatic heterocycles. The number of carbonyl (C=O) groups excluding carboxylic acids is 2. The van der Waals surface area contributed by atoms with E-state index in [-0.39, 0.29) is 11.8 Å². The number of rotatable bonds is 7. The molecule has 5 heteroatoms. The molecule has 2 amide bonds. The maximum atomic E-state index is 12.1. The lowest BCUT2D eigenvalue weighted by molar-refractivity contribution is -0.116. The number of carbonyl (C=O) groups is 2. The first kappa shape index (κ1) is 19.7. The molecule has 2 aromatic carbocycles. The normalized spacial score (nSPS) is 10.7. The number of hydrogen-bond donors (Lipinski definition) is 1. The van der Waals surface area contributed by atoms with Crippen molar-refractivity contribution in [3.8, 4) is 0 Å². The molecule has 138 valence electrons. The van der Waals surface area contributed by atoms with Crippen molar-refractivity contribution in [3.05, 3.63) is 65.2 Å². The Kier molecular flexibility index (Phi) is 6.92. The Morgan fingerprint density at radius 2 is 1.65 bits per heavy atom. The minimum absolute atomic E-state index is 0.0500. The summed E-state index contributed by atoms with van der Waals surface area (Å²) in [6.07, 6.45) is 1.10. The lowest BCUT2D eigenvalue weighted by Gasteiger charge is -2.13. The van der Waals surface area contributed by atoms with Gasteiger partial charge in [-0.15, -0.1) is 0 Å². The number of nitrogens with zero attached hydrogens (tertiary/aromatic N) is 1. The Balaban J connectivity index is 1.86. The minimum Gasteiger partial charge on any atom is -0.326 e. The number of aryl methyl sites for hydroxylation is 1. The van der Waals surface area contributed by atoms with Crippen molar-refractivity contribution in [2.45, 2.75) is 32.6 Å². The van der Waals surface area contributed by atoms with E-state index in [0.29, 0.717) is 30.0 Å². The monoisotopic (exact) mass is 354 g/mol. The largest absolute Gasteiger partial charge is 0.326 e. The van der Waals surface area contributed by atoms with Crippen LogP contribution in [-0.2, 0) is 16.1 Å². The molecule has 1 N–H and O–H groups in total. The van der Waals surface area contributed by atoms with Gasteiger partial charge in [0.1, 0.15) is 0 Å². The molecule has 0 bridgehead atoms. The highest BCUT2D eigenvalue weighted by molar-refractivity contribution is 5.95. The first-order valence-corrected chi connectivity index (χ1v) is 8.71. The summed E-state index contributed by atoms with van der Waals surface area (Å²) in [7, 11) is 2.98. The summed E-state index contributed by atoms with van der Waals surface area (Å²) in [5.74, 6) is 0.215. The van der Waals surface area contributed by atoms with Gasteiger partial charge in [-0.2, -0.15) is 0 Å².